The highest BCUT2D eigenvalue weighted by Crippen LogP contribution is 2.33. The molecule has 11 heavy (non-hydrogen) atoms. The summed E-state index contributed by atoms with van der Waals surface area (Å²) in [5, 5.41) is 0. The molecule has 62 valence electrons. The Morgan fingerprint density at radius 1 is 1.45 bits per heavy atom. The molecule has 0 aromatic rings. The zero-order valence-electron chi connectivity index (χ0n) is 7.46. The first-order chi connectivity index (χ1) is 5.00. The lowest BCUT2D eigenvalue weighted by atomic mass is 9.77. The second-order valence-corrected chi connectivity index (χ2v) is 4.71. The summed E-state index contributed by atoms with van der Waals surface area (Å²) in [6.45, 7) is 6.83. The minimum absolute atomic E-state index is 0.390. The molecule has 1 heteroatoms. The number of allylic oxidation sites excluding steroid dienone is 3. The third kappa shape index (κ3) is 2.41. The molecule has 0 bridgehead atoms. The summed E-state index contributed by atoms with van der Waals surface area (Å²) in [5.41, 5.74) is 0.390. The van der Waals surface area contributed by atoms with Gasteiger partial charge < -0.3 is 0 Å². The Bertz CT molecular complexity index is 193. The van der Waals surface area contributed by atoms with Crippen LogP contribution in [0.1, 0.15) is 27.2 Å². The Hall–Kier alpha value is -0.170. The van der Waals surface area contributed by atoms with E-state index in [1.54, 1.807) is 0 Å². The molecule has 0 aliphatic heterocycles. The van der Waals surface area contributed by atoms with Crippen molar-refractivity contribution in [2.24, 2.45) is 11.3 Å². The van der Waals surface area contributed by atoms with Crippen LogP contribution in [-0.2, 0) is 0 Å². The van der Waals surface area contributed by atoms with Crippen molar-refractivity contribution in [2.75, 3.05) is 0 Å². The largest absolute Gasteiger partial charge is 0.144 e. The van der Waals surface area contributed by atoms with Gasteiger partial charge >= 0.3 is 0 Å². The number of hydrogen-bond acceptors (Lipinski definition) is 1. The highest BCUT2D eigenvalue weighted by Gasteiger charge is 2.22. The smallest absolute Gasteiger partial charge is 0.000284 e. The van der Waals surface area contributed by atoms with E-state index in [0.717, 1.165) is 11.3 Å². The van der Waals surface area contributed by atoms with E-state index < -0.39 is 0 Å². The van der Waals surface area contributed by atoms with Crippen LogP contribution in [0, 0.1) is 11.3 Å². The normalized spacial score (nSPS) is 25.1. The van der Waals surface area contributed by atoms with Crippen LogP contribution >= 0.6 is 12.6 Å². The van der Waals surface area contributed by atoms with Crippen molar-refractivity contribution in [3.8, 4) is 0 Å². The van der Waals surface area contributed by atoms with E-state index in [1.165, 1.54) is 0 Å². The molecule has 0 aromatic heterocycles. The van der Waals surface area contributed by atoms with Crippen LogP contribution < -0.4 is 0 Å². The van der Waals surface area contributed by atoms with Crippen molar-refractivity contribution in [2.45, 2.75) is 27.2 Å². The molecule has 0 radical (unpaired) electrons. The van der Waals surface area contributed by atoms with E-state index in [9.17, 15) is 0 Å². The fraction of sp³-hybridized carbons (Fsp3) is 0.600. The first-order valence-electron chi connectivity index (χ1n) is 4.07. The van der Waals surface area contributed by atoms with Gasteiger partial charge in [0.1, 0.15) is 0 Å². The van der Waals surface area contributed by atoms with Crippen molar-refractivity contribution in [3.05, 3.63) is 23.1 Å². The molecule has 0 N–H and O–H groups in total. The van der Waals surface area contributed by atoms with E-state index in [-0.39, 0.29) is 0 Å². The van der Waals surface area contributed by atoms with Crippen LogP contribution in [0.5, 0.6) is 0 Å². The highest BCUT2D eigenvalue weighted by molar-refractivity contribution is 7.84. The summed E-state index contributed by atoms with van der Waals surface area (Å²) in [5.74, 6) is 0.679. The van der Waals surface area contributed by atoms with Crippen LogP contribution in [-0.4, -0.2) is 0 Å². The lowest BCUT2D eigenvalue weighted by molar-refractivity contribution is 0.293. The summed E-state index contributed by atoms with van der Waals surface area (Å²) < 4.78 is 0. The second kappa shape index (κ2) is 3.06. The number of thiol groups is 1. The van der Waals surface area contributed by atoms with Gasteiger partial charge in [-0.05, 0) is 22.7 Å². The van der Waals surface area contributed by atoms with Crippen LogP contribution in [0.4, 0.5) is 0 Å². The summed E-state index contributed by atoms with van der Waals surface area (Å²) in [7, 11) is 0. The topological polar surface area (TPSA) is 0 Å². The van der Waals surface area contributed by atoms with Gasteiger partial charge in [0, 0.05) is 0 Å². The summed E-state index contributed by atoms with van der Waals surface area (Å²) >= 11 is 4.27. The molecule has 0 amide bonds. The third-order valence-corrected chi connectivity index (χ3v) is 2.52. The quantitative estimate of drug-likeness (QED) is 0.526. The Balaban J connectivity index is 2.63. The van der Waals surface area contributed by atoms with Crippen molar-refractivity contribution in [3.63, 3.8) is 0 Å². The molecule has 0 fully saturated rings. The summed E-state index contributed by atoms with van der Waals surface area (Å²) in [4.78, 5) is 1.10. The fourth-order valence-electron chi connectivity index (χ4n) is 1.25. The van der Waals surface area contributed by atoms with Gasteiger partial charge in [-0.15, -0.1) is 12.6 Å². The molecule has 0 heterocycles. The standard InChI is InChI=1S/C10H16S/c1-10(2,3)8-4-6-9(11)7-5-8/h4,6-8,11H,5H2,1-3H3. The highest BCUT2D eigenvalue weighted by atomic mass is 32.1. The Kier molecular flexibility index (Phi) is 2.48. The van der Waals surface area contributed by atoms with E-state index in [1.807, 2.05) is 0 Å². The Labute approximate surface area is 74.8 Å². The average Bonchev–Trinajstić information content (AvgIpc) is 1.86. The molecule has 0 saturated heterocycles. The minimum atomic E-state index is 0.390. The second-order valence-electron chi connectivity index (χ2n) is 4.20. The van der Waals surface area contributed by atoms with Gasteiger partial charge in [0.15, 0.2) is 0 Å². The van der Waals surface area contributed by atoms with Gasteiger partial charge in [-0.1, -0.05) is 39.0 Å². The lowest BCUT2D eigenvalue weighted by Gasteiger charge is -2.28. The summed E-state index contributed by atoms with van der Waals surface area (Å²) in [6, 6.07) is 0. The molecule has 1 aliphatic carbocycles. The maximum atomic E-state index is 4.27. The van der Waals surface area contributed by atoms with Crippen molar-refractivity contribution in [1.82, 2.24) is 0 Å². The van der Waals surface area contributed by atoms with Crippen LogP contribution in [0.3, 0.4) is 0 Å². The zero-order valence-corrected chi connectivity index (χ0v) is 8.36. The molecule has 1 rings (SSSR count). The maximum absolute atomic E-state index is 4.27. The van der Waals surface area contributed by atoms with E-state index in [0.29, 0.717) is 11.3 Å². The van der Waals surface area contributed by atoms with Gasteiger partial charge in [0.05, 0.1) is 0 Å². The van der Waals surface area contributed by atoms with Crippen molar-refractivity contribution < 1.29 is 0 Å². The van der Waals surface area contributed by atoms with Gasteiger partial charge in [0.25, 0.3) is 0 Å². The van der Waals surface area contributed by atoms with E-state index in [2.05, 4.69) is 51.6 Å². The molecule has 0 nitrogen and oxygen atoms in total. The number of rotatable bonds is 0. The van der Waals surface area contributed by atoms with E-state index in [4.69, 9.17) is 0 Å². The summed E-state index contributed by atoms with van der Waals surface area (Å²) in [6.07, 6.45) is 7.70. The molecular formula is C10H16S. The monoisotopic (exact) mass is 168 g/mol. The molecule has 0 spiro atoms. The third-order valence-electron chi connectivity index (χ3n) is 2.19. The van der Waals surface area contributed by atoms with Gasteiger partial charge in [-0.3, -0.25) is 0 Å². The molecule has 0 aromatic carbocycles. The predicted molar refractivity (Wildman–Crippen MR) is 53.8 cm³/mol. The molecule has 1 aliphatic rings. The first kappa shape index (κ1) is 8.92. The van der Waals surface area contributed by atoms with E-state index >= 15 is 0 Å². The molecular weight excluding hydrogens is 152 g/mol. The van der Waals surface area contributed by atoms with Gasteiger partial charge in [-0.2, -0.15) is 0 Å². The maximum Gasteiger partial charge on any atom is -0.000284 e. The predicted octanol–water partition coefficient (Wildman–Crippen LogP) is 3.42. The Morgan fingerprint density at radius 2 is 2.09 bits per heavy atom. The fourth-order valence-corrected chi connectivity index (χ4v) is 1.44. The molecule has 1 atom stereocenters. The van der Waals surface area contributed by atoms with Crippen molar-refractivity contribution >= 4 is 12.6 Å². The Morgan fingerprint density at radius 3 is 2.45 bits per heavy atom. The minimum Gasteiger partial charge on any atom is -0.144 e. The first-order valence-corrected chi connectivity index (χ1v) is 4.52. The zero-order chi connectivity index (χ0) is 8.48. The molecule has 1 unspecified atom stereocenters. The number of hydrogen-bond donors (Lipinski definition) is 1. The van der Waals surface area contributed by atoms with Crippen LogP contribution in [0.15, 0.2) is 23.1 Å². The average molecular weight is 168 g/mol. The molecule has 0 saturated carbocycles. The van der Waals surface area contributed by atoms with Gasteiger partial charge in [0.2, 0.25) is 0 Å². The lowest BCUT2D eigenvalue weighted by Crippen LogP contribution is -2.18. The SMILES string of the molecule is CC(C)(C)C1C=CC(S)=CC1. The van der Waals surface area contributed by atoms with Crippen LogP contribution in [0.2, 0.25) is 0 Å². The van der Waals surface area contributed by atoms with Crippen LogP contribution in [0.25, 0.3) is 0 Å². The van der Waals surface area contributed by atoms with Crippen molar-refractivity contribution in [1.29, 1.82) is 0 Å². The van der Waals surface area contributed by atoms with Gasteiger partial charge in [-0.25, -0.2) is 0 Å².